The summed E-state index contributed by atoms with van der Waals surface area (Å²) in [4.78, 5) is 10.4. The van der Waals surface area contributed by atoms with E-state index in [9.17, 15) is 4.79 Å². The highest BCUT2D eigenvalue weighted by atomic mass is 16.7. The number of ether oxygens (including phenoxy) is 3. The van der Waals surface area contributed by atoms with Gasteiger partial charge in [-0.1, -0.05) is 0 Å². The van der Waals surface area contributed by atoms with Gasteiger partial charge in [0.1, 0.15) is 5.76 Å². The lowest BCUT2D eigenvalue weighted by Crippen LogP contribution is -2.03. The van der Waals surface area contributed by atoms with Crippen molar-refractivity contribution in [3.8, 4) is 0 Å². The summed E-state index contributed by atoms with van der Waals surface area (Å²) in [5.74, 6) is 0.947. The first kappa shape index (κ1) is 8.64. The molecule has 0 saturated carbocycles. The third-order valence-corrected chi connectivity index (χ3v) is 1.30. The second-order valence-corrected chi connectivity index (χ2v) is 2.34. The van der Waals surface area contributed by atoms with Gasteiger partial charge in [0, 0.05) is 6.92 Å². The highest BCUT2D eigenvalue weighted by Crippen LogP contribution is 2.22. The first-order valence-corrected chi connectivity index (χ1v) is 3.47. The Labute approximate surface area is 70.4 Å². The van der Waals surface area contributed by atoms with E-state index in [1.54, 1.807) is 6.92 Å². The standard InChI is InChI=1S/C8H10O4/c1-5-8(4-10-6(2)9)12-7(3)11-5/h3-4H2,1-2H3. The minimum atomic E-state index is -0.351. The van der Waals surface area contributed by atoms with Crippen LogP contribution in [-0.2, 0) is 19.0 Å². The lowest BCUT2D eigenvalue weighted by Gasteiger charge is -2.00. The fraction of sp³-hybridized carbons (Fsp3) is 0.375. The summed E-state index contributed by atoms with van der Waals surface area (Å²) in [5, 5.41) is 0. The van der Waals surface area contributed by atoms with Crippen molar-refractivity contribution in [3.05, 3.63) is 24.0 Å². The maximum Gasteiger partial charge on any atom is 0.303 e. The van der Waals surface area contributed by atoms with Crippen molar-refractivity contribution in [3.63, 3.8) is 0 Å². The highest BCUT2D eigenvalue weighted by Gasteiger charge is 2.18. The smallest absolute Gasteiger partial charge is 0.303 e. The van der Waals surface area contributed by atoms with Gasteiger partial charge in [0.25, 0.3) is 5.95 Å². The van der Waals surface area contributed by atoms with Gasteiger partial charge in [0.15, 0.2) is 12.4 Å². The van der Waals surface area contributed by atoms with Crippen LogP contribution in [-0.4, -0.2) is 12.6 Å². The largest absolute Gasteiger partial charge is 0.458 e. The van der Waals surface area contributed by atoms with Crippen LogP contribution in [0.1, 0.15) is 13.8 Å². The van der Waals surface area contributed by atoms with E-state index in [2.05, 4.69) is 6.58 Å². The lowest BCUT2D eigenvalue weighted by atomic mass is 10.4. The predicted octanol–water partition coefficient (Wildman–Crippen LogP) is 1.30. The van der Waals surface area contributed by atoms with E-state index in [4.69, 9.17) is 14.2 Å². The molecule has 0 radical (unpaired) electrons. The monoisotopic (exact) mass is 170 g/mol. The zero-order valence-corrected chi connectivity index (χ0v) is 7.05. The van der Waals surface area contributed by atoms with Crippen molar-refractivity contribution in [1.29, 1.82) is 0 Å². The zero-order valence-electron chi connectivity index (χ0n) is 7.05. The van der Waals surface area contributed by atoms with Gasteiger partial charge in [-0.15, -0.1) is 0 Å². The lowest BCUT2D eigenvalue weighted by molar-refractivity contribution is -0.140. The van der Waals surface area contributed by atoms with Crippen molar-refractivity contribution in [2.24, 2.45) is 0 Å². The molecule has 4 nitrogen and oxygen atoms in total. The molecule has 1 aliphatic rings. The summed E-state index contributed by atoms with van der Waals surface area (Å²) in [7, 11) is 0. The molecule has 1 aliphatic heterocycles. The molecule has 12 heavy (non-hydrogen) atoms. The van der Waals surface area contributed by atoms with Crippen molar-refractivity contribution in [1.82, 2.24) is 0 Å². The normalized spacial score (nSPS) is 15.7. The maximum atomic E-state index is 10.4. The van der Waals surface area contributed by atoms with Gasteiger partial charge in [0.2, 0.25) is 0 Å². The summed E-state index contributed by atoms with van der Waals surface area (Å²) in [6, 6.07) is 0. The molecule has 0 aromatic carbocycles. The predicted molar refractivity (Wildman–Crippen MR) is 40.6 cm³/mol. The Morgan fingerprint density at radius 1 is 1.58 bits per heavy atom. The van der Waals surface area contributed by atoms with Gasteiger partial charge >= 0.3 is 5.97 Å². The molecule has 0 spiro atoms. The molecule has 0 bridgehead atoms. The molecule has 0 aromatic heterocycles. The van der Waals surface area contributed by atoms with Crippen LogP contribution in [0, 0.1) is 0 Å². The molecular weight excluding hydrogens is 160 g/mol. The molecule has 66 valence electrons. The Kier molecular flexibility index (Phi) is 2.38. The summed E-state index contributed by atoms with van der Waals surface area (Å²) >= 11 is 0. The van der Waals surface area contributed by atoms with Crippen molar-refractivity contribution < 1.29 is 19.0 Å². The molecule has 0 fully saturated rings. The minimum absolute atomic E-state index is 0.0974. The van der Waals surface area contributed by atoms with Crippen molar-refractivity contribution in [2.75, 3.05) is 6.61 Å². The number of allylic oxidation sites excluding steroid dienone is 1. The number of hydrogen-bond acceptors (Lipinski definition) is 4. The van der Waals surface area contributed by atoms with Crippen LogP contribution in [0.15, 0.2) is 24.0 Å². The SMILES string of the molecule is C=C1OC(C)=C(COC(C)=O)O1. The van der Waals surface area contributed by atoms with E-state index in [0.29, 0.717) is 11.5 Å². The Morgan fingerprint density at radius 2 is 2.25 bits per heavy atom. The van der Waals surface area contributed by atoms with E-state index in [0.717, 1.165) is 0 Å². The van der Waals surface area contributed by atoms with Crippen molar-refractivity contribution in [2.45, 2.75) is 13.8 Å². The molecular formula is C8H10O4. The average Bonchev–Trinajstić information content (AvgIpc) is 2.26. The van der Waals surface area contributed by atoms with Crippen LogP contribution in [0.25, 0.3) is 0 Å². The third-order valence-electron chi connectivity index (χ3n) is 1.30. The molecule has 0 saturated heterocycles. The molecule has 0 aliphatic carbocycles. The first-order valence-electron chi connectivity index (χ1n) is 3.47. The first-order chi connectivity index (χ1) is 5.59. The van der Waals surface area contributed by atoms with Gasteiger partial charge in [-0.2, -0.15) is 0 Å². The maximum absolute atomic E-state index is 10.4. The molecule has 0 atom stereocenters. The fourth-order valence-corrected chi connectivity index (χ4v) is 0.756. The van der Waals surface area contributed by atoms with Crippen LogP contribution in [0.5, 0.6) is 0 Å². The van der Waals surface area contributed by atoms with Gasteiger partial charge in [-0.05, 0) is 13.5 Å². The summed E-state index contributed by atoms with van der Waals surface area (Å²) in [5.41, 5.74) is 0. The number of carbonyl (C=O) groups is 1. The molecule has 1 heterocycles. The summed E-state index contributed by atoms with van der Waals surface area (Å²) in [6.45, 7) is 6.61. The molecule has 1 rings (SSSR count). The van der Waals surface area contributed by atoms with Crippen molar-refractivity contribution >= 4 is 5.97 Å². The summed E-state index contributed by atoms with van der Waals surface area (Å²) in [6.07, 6.45) is 0. The van der Waals surface area contributed by atoms with Crippen LogP contribution in [0.2, 0.25) is 0 Å². The van der Waals surface area contributed by atoms with Crippen LogP contribution >= 0.6 is 0 Å². The van der Waals surface area contributed by atoms with Crippen LogP contribution in [0.3, 0.4) is 0 Å². The number of hydrogen-bond donors (Lipinski definition) is 0. The van der Waals surface area contributed by atoms with E-state index in [-0.39, 0.29) is 18.5 Å². The molecule has 0 aromatic rings. The number of esters is 1. The van der Waals surface area contributed by atoms with Crippen LogP contribution in [0.4, 0.5) is 0 Å². The topological polar surface area (TPSA) is 44.8 Å². The Balaban J connectivity index is 2.47. The average molecular weight is 170 g/mol. The van der Waals surface area contributed by atoms with Gasteiger partial charge in [0.05, 0.1) is 0 Å². The second-order valence-electron chi connectivity index (χ2n) is 2.34. The molecule has 0 amide bonds. The van der Waals surface area contributed by atoms with E-state index >= 15 is 0 Å². The number of rotatable bonds is 2. The van der Waals surface area contributed by atoms with Crippen LogP contribution < -0.4 is 0 Å². The minimum Gasteiger partial charge on any atom is -0.458 e. The van der Waals surface area contributed by atoms with E-state index in [1.165, 1.54) is 6.92 Å². The molecule has 0 N–H and O–H groups in total. The fourth-order valence-electron chi connectivity index (χ4n) is 0.756. The molecule has 0 unspecified atom stereocenters. The summed E-state index contributed by atoms with van der Waals surface area (Å²) < 4.78 is 14.7. The second kappa shape index (κ2) is 3.30. The van der Waals surface area contributed by atoms with Gasteiger partial charge in [-0.25, -0.2) is 0 Å². The van der Waals surface area contributed by atoms with E-state index < -0.39 is 0 Å². The third kappa shape index (κ3) is 2.02. The Hall–Kier alpha value is -1.45. The zero-order chi connectivity index (χ0) is 9.14. The Morgan fingerprint density at radius 3 is 2.67 bits per heavy atom. The molecule has 4 heteroatoms. The number of carbonyl (C=O) groups excluding carboxylic acids is 1. The Bertz CT molecular complexity index is 252. The van der Waals surface area contributed by atoms with E-state index in [1.807, 2.05) is 0 Å². The highest BCUT2D eigenvalue weighted by molar-refractivity contribution is 5.66. The van der Waals surface area contributed by atoms with Gasteiger partial charge < -0.3 is 14.2 Å². The quantitative estimate of drug-likeness (QED) is 0.586. The van der Waals surface area contributed by atoms with Gasteiger partial charge in [-0.3, -0.25) is 4.79 Å².